The molecule has 0 aliphatic heterocycles. The molecule has 0 N–H and O–H groups in total. The third-order valence-electron chi connectivity index (χ3n) is 9.23. The minimum atomic E-state index is -0.121. The number of aromatic nitrogens is 4. The first kappa shape index (κ1) is 24.9. The second-order valence-electron chi connectivity index (χ2n) is 12.1. The molecule has 208 valence electrons. The van der Waals surface area contributed by atoms with E-state index < -0.39 is 0 Å². The maximum atomic E-state index is 5.15. The van der Waals surface area contributed by atoms with E-state index in [2.05, 4.69) is 115 Å². The van der Waals surface area contributed by atoms with Crippen LogP contribution in [0.4, 0.5) is 0 Å². The van der Waals surface area contributed by atoms with Crippen molar-refractivity contribution in [3.8, 4) is 39.9 Å². The van der Waals surface area contributed by atoms with Crippen LogP contribution in [0.1, 0.15) is 25.0 Å². The van der Waals surface area contributed by atoms with E-state index >= 15 is 0 Å². The molecule has 0 saturated carbocycles. The lowest BCUT2D eigenvalue weighted by Crippen LogP contribution is -2.15. The van der Waals surface area contributed by atoms with Gasteiger partial charge in [-0.05, 0) is 33.7 Å². The average Bonchev–Trinajstić information content (AvgIpc) is 3.55. The molecule has 0 saturated heterocycles. The third-order valence-corrected chi connectivity index (χ3v) is 9.23. The Balaban J connectivity index is 1.40. The lowest BCUT2D eigenvalue weighted by atomic mass is 9.80. The molecule has 6 aromatic carbocycles. The first-order chi connectivity index (χ1) is 21.6. The van der Waals surface area contributed by atoms with Crippen LogP contribution in [0, 0.1) is 0 Å². The van der Waals surface area contributed by atoms with Gasteiger partial charge < -0.3 is 0 Å². The van der Waals surface area contributed by atoms with Crippen LogP contribution in [0.2, 0.25) is 0 Å². The Morgan fingerprint density at radius 3 is 1.77 bits per heavy atom. The molecule has 9 rings (SSSR count). The molecule has 0 unspecified atom stereocenters. The van der Waals surface area contributed by atoms with Gasteiger partial charge in [0.25, 0.3) is 0 Å². The third kappa shape index (κ3) is 3.48. The Kier molecular flexibility index (Phi) is 5.21. The van der Waals surface area contributed by atoms with Gasteiger partial charge in [0.15, 0.2) is 11.6 Å². The van der Waals surface area contributed by atoms with E-state index in [-0.39, 0.29) is 5.41 Å². The monoisotopic (exact) mass is 564 g/mol. The summed E-state index contributed by atoms with van der Waals surface area (Å²) < 4.78 is 2.25. The lowest BCUT2D eigenvalue weighted by molar-refractivity contribution is 0.666. The Morgan fingerprint density at radius 2 is 1.05 bits per heavy atom. The summed E-state index contributed by atoms with van der Waals surface area (Å²) in [5, 5.41) is 4.82. The van der Waals surface area contributed by atoms with Crippen molar-refractivity contribution >= 4 is 32.6 Å². The van der Waals surface area contributed by atoms with E-state index in [0.717, 1.165) is 22.2 Å². The zero-order chi connectivity index (χ0) is 29.4. The minimum Gasteiger partial charge on any atom is -0.277 e. The Hall–Kier alpha value is -5.61. The molecule has 0 atom stereocenters. The first-order valence-electron chi connectivity index (χ1n) is 15.1. The Morgan fingerprint density at radius 1 is 0.477 bits per heavy atom. The van der Waals surface area contributed by atoms with Crippen LogP contribution in [0.15, 0.2) is 133 Å². The van der Waals surface area contributed by atoms with Crippen LogP contribution in [0.5, 0.6) is 0 Å². The van der Waals surface area contributed by atoms with Gasteiger partial charge in [0, 0.05) is 32.7 Å². The van der Waals surface area contributed by atoms with Gasteiger partial charge in [0.2, 0.25) is 5.95 Å². The van der Waals surface area contributed by atoms with Crippen LogP contribution in [0.25, 0.3) is 72.4 Å². The van der Waals surface area contributed by atoms with E-state index in [1.165, 1.54) is 43.8 Å². The van der Waals surface area contributed by atoms with Gasteiger partial charge in [-0.3, -0.25) is 4.57 Å². The van der Waals surface area contributed by atoms with Crippen molar-refractivity contribution < 1.29 is 0 Å². The maximum Gasteiger partial charge on any atom is 0.238 e. The van der Waals surface area contributed by atoms with Crippen molar-refractivity contribution in [3.63, 3.8) is 0 Å². The highest BCUT2D eigenvalue weighted by molar-refractivity contribution is 6.20. The maximum absolute atomic E-state index is 5.15. The molecular weight excluding hydrogens is 536 g/mol. The highest BCUT2D eigenvalue weighted by atomic mass is 15.2. The molecule has 0 spiro atoms. The van der Waals surface area contributed by atoms with Gasteiger partial charge in [-0.15, -0.1) is 0 Å². The molecule has 44 heavy (non-hydrogen) atoms. The zero-order valence-corrected chi connectivity index (χ0v) is 24.5. The molecule has 2 heterocycles. The highest BCUT2D eigenvalue weighted by Crippen LogP contribution is 2.52. The summed E-state index contributed by atoms with van der Waals surface area (Å²) in [7, 11) is 0. The first-order valence-corrected chi connectivity index (χ1v) is 15.1. The van der Waals surface area contributed by atoms with Crippen LogP contribution in [0.3, 0.4) is 0 Å². The van der Waals surface area contributed by atoms with Gasteiger partial charge in [-0.25, -0.2) is 4.98 Å². The number of nitrogens with zero attached hydrogens (tertiary/aromatic N) is 4. The van der Waals surface area contributed by atoms with Crippen molar-refractivity contribution in [2.24, 2.45) is 0 Å². The summed E-state index contributed by atoms with van der Waals surface area (Å²) >= 11 is 0. The Bertz CT molecular complexity index is 2350. The quantitative estimate of drug-likeness (QED) is 0.215. The van der Waals surface area contributed by atoms with E-state index in [9.17, 15) is 0 Å². The van der Waals surface area contributed by atoms with Crippen molar-refractivity contribution in [2.75, 3.05) is 0 Å². The summed E-state index contributed by atoms with van der Waals surface area (Å²) in [6, 6.07) is 46.9. The van der Waals surface area contributed by atoms with Crippen molar-refractivity contribution in [3.05, 3.63) is 145 Å². The number of hydrogen-bond donors (Lipinski definition) is 0. The molecule has 2 aromatic heterocycles. The van der Waals surface area contributed by atoms with E-state index in [1.54, 1.807) is 0 Å². The van der Waals surface area contributed by atoms with Crippen LogP contribution in [-0.4, -0.2) is 19.5 Å². The summed E-state index contributed by atoms with van der Waals surface area (Å²) in [5.41, 5.74) is 9.37. The van der Waals surface area contributed by atoms with Crippen LogP contribution >= 0.6 is 0 Å². The van der Waals surface area contributed by atoms with Gasteiger partial charge in [0.05, 0.1) is 11.0 Å². The second kappa shape index (κ2) is 9.19. The molecule has 1 aliphatic carbocycles. The predicted octanol–water partition coefficient (Wildman–Crippen LogP) is 9.76. The molecule has 0 fully saturated rings. The van der Waals surface area contributed by atoms with E-state index in [1.807, 2.05) is 36.4 Å². The standard InChI is InChI=1S/C40H28N4/c1-40(2)33-19-11-9-17-27(33)29-21-24-32-30(35(29)40)22-23-31-28-18-10-12-20-34(28)44(36(31)32)39-42-37(25-13-5-3-6-14-25)41-38(43-39)26-15-7-4-8-16-26/h3-24H,1-2H3. The van der Waals surface area contributed by atoms with Gasteiger partial charge >= 0.3 is 0 Å². The molecular formula is C40H28N4. The topological polar surface area (TPSA) is 43.6 Å². The minimum absolute atomic E-state index is 0.121. The van der Waals surface area contributed by atoms with Gasteiger partial charge in [-0.1, -0.05) is 141 Å². The molecule has 4 heteroatoms. The molecule has 4 nitrogen and oxygen atoms in total. The largest absolute Gasteiger partial charge is 0.277 e. The number of benzene rings is 6. The smallest absolute Gasteiger partial charge is 0.238 e. The number of hydrogen-bond acceptors (Lipinski definition) is 3. The highest BCUT2D eigenvalue weighted by Gasteiger charge is 2.37. The average molecular weight is 565 g/mol. The Labute approximate surface area is 255 Å². The lowest BCUT2D eigenvalue weighted by Gasteiger charge is -2.23. The summed E-state index contributed by atoms with van der Waals surface area (Å²) in [5.74, 6) is 1.91. The van der Waals surface area contributed by atoms with Gasteiger partial charge in [0.1, 0.15) is 0 Å². The SMILES string of the molecule is CC1(C)c2ccccc2-c2ccc3c(ccc4c5ccccc5n(-c5nc(-c6ccccc6)nc(-c6ccccc6)n5)c34)c21. The van der Waals surface area contributed by atoms with E-state index in [4.69, 9.17) is 15.0 Å². The summed E-state index contributed by atoms with van der Waals surface area (Å²) in [6.07, 6.45) is 0. The molecule has 0 bridgehead atoms. The molecule has 0 radical (unpaired) electrons. The fraction of sp³-hybridized carbons (Fsp3) is 0.0750. The second-order valence-corrected chi connectivity index (χ2v) is 12.1. The van der Waals surface area contributed by atoms with Crippen LogP contribution < -0.4 is 0 Å². The van der Waals surface area contributed by atoms with Crippen molar-refractivity contribution in [1.82, 2.24) is 19.5 Å². The van der Waals surface area contributed by atoms with E-state index in [0.29, 0.717) is 17.6 Å². The van der Waals surface area contributed by atoms with Crippen molar-refractivity contribution in [2.45, 2.75) is 19.3 Å². The summed E-state index contributed by atoms with van der Waals surface area (Å²) in [6.45, 7) is 4.70. The predicted molar refractivity (Wildman–Crippen MR) is 180 cm³/mol. The zero-order valence-electron chi connectivity index (χ0n) is 24.5. The molecule has 8 aromatic rings. The molecule has 1 aliphatic rings. The van der Waals surface area contributed by atoms with Crippen LogP contribution in [-0.2, 0) is 5.41 Å². The van der Waals surface area contributed by atoms with Crippen molar-refractivity contribution in [1.29, 1.82) is 0 Å². The fourth-order valence-electron chi connectivity index (χ4n) is 7.27. The number of fused-ring (bicyclic) bond motifs is 9. The normalized spacial score (nSPS) is 13.4. The number of rotatable bonds is 3. The van der Waals surface area contributed by atoms with Gasteiger partial charge in [-0.2, -0.15) is 9.97 Å². The molecule has 0 amide bonds. The summed E-state index contributed by atoms with van der Waals surface area (Å²) in [4.78, 5) is 15.3. The fourth-order valence-corrected chi connectivity index (χ4v) is 7.27. The number of para-hydroxylation sites is 1.